The van der Waals surface area contributed by atoms with Gasteiger partial charge in [0.2, 0.25) is 5.91 Å². The Morgan fingerprint density at radius 1 is 1.33 bits per heavy atom. The molecule has 100 valence electrons. The predicted octanol–water partition coefficient (Wildman–Crippen LogP) is 0.624. The lowest BCUT2D eigenvalue weighted by atomic mass is 10.1. The number of benzene rings is 1. The monoisotopic (exact) mass is 250 g/mol. The summed E-state index contributed by atoms with van der Waals surface area (Å²) in [5, 5.41) is 14.9. The van der Waals surface area contributed by atoms with E-state index in [1.54, 1.807) is 6.92 Å². The molecule has 0 aliphatic rings. The van der Waals surface area contributed by atoms with Crippen molar-refractivity contribution in [2.75, 3.05) is 19.6 Å². The van der Waals surface area contributed by atoms with Gasteiger partial charge in [0.1, 0.15) is 0 Å². The molecule has 0 saturated heterocycles. The SMILES string of the molecule is Cc1ccccc1CC(=O)NCCNCC(C)O. The Bertz CT molecular complexity index is 378. The normalized spacial score (nSPS) is 12.2. The molecule has 0 aliphatic heterocycles. The van der Waals surface area contributed by atoms with Crippen molar-refractivity contribution in [1.29, 1.82) is 0 Å². The molecule has 0 radical (unpaired) electrons. The molecule has 0 heterocycles. The maximum absolute atomic E-state index is 11.7. The Kier molecular flexibility index (Phi) is 6.39. The van der Waals surface area contributed by atoms with Crippen LogP contribution in [-0.4, -0.2) is 36.8 Å². The van der Waals surface area contributed by atoms with Crippen LogP contribution in [0.15, 0.2) is 24.3 Å². The first-order valence-electron chi connectivity index (χ1n) is 6.29. The lowest BCUT2D eigenvalue weighted by Crippen LogP contribution is -2.35. The minimum Gasteiger partial charge on any atom is -0.392 e. The summed E-state index contributed by atoms with van der Waals surface area (Å²) in [4.78, 5) is 11.7. The smallest absolute Gasteiger partial charge is 0.224 e. The summed E-state index contributed by atoms with van der Waals surface area (Å²) in [6, 6.07) is 7.89. The van der Waals surface area contributed by atoms with Gasteiger partial charge in [-0.2, -0.15) is 0 Å². The molecule has 0 bridgehead atoms. The van der Waals surface area contributed by atoms with Crippen LogP contribution in [0.5, 0.6) is 0 Å². The first-order valence-corrected chi connectivity index (χ1v) is 6.29. The van der Waals surface area contributed by atoms with Crippen molar-refractivity contribution in [1.82, 2.24) is 10.6 Å². The van der Waals surface area contributed by atoms with E-state index < -0.39 is 0 Å². The standard InChI is InChI=1S/C14H22N2O2/c1-11-5-3-4-6-13(11)9-14(18)16-8-7-15-10-12(2)17/h3-6,12,15,17H,7-10H2,1-2H3,(H,16,18). The fourth-order valence-corrected chi connectivity index (χ4v) is 1.65. The third-order valence-corrected chi connectivity index (χ3v) is 2.68. The highest BCUT2D eigenvalue weighted by Gasteiger charge is 2.04. The second kappa shape index (κ2) is 7.84. The predicted molar refractivity (Wildman–Crippen MR) is 72.4 cm³/mol. The molecule has 18 heavy (non-hydrogen) atoms. The lowest BCUT2D eigenvalue weighted by molar-refractivity contribution is -0.120. The van der Waals surface area contributed by atoms with Gasteiger partial charge in [-0.15, -0.1) is 0 Å². The van der Waals surface area contributed by atoms with Crippen molar-refractivity contribution >= 4 is 5.91 Å². The minimum absolute atomic E-state index is 0.0307. The van der Waals surface area contributed by atoms with E-state index in [9.17, 15) is 4.79 Å². The first kappa shape index (κ1) is 14.7. The molecule has 1 rings (SSSR count). The second-order valence-corrected chi connectivity index (χ2v) is 4.51. The molecule has 1 atom stereocenters. The van der Waals surface area contributed by atoms with E-state index in [0.717, 1.165) is 11.1 Å². The maximum Gasteiger partial charge on any atom is 0.224 e. The van der Waals surface area contributed by atoms with E-state index >= 15 is 0 Å². The molecular weight excluding hydrogens is 228 g/mol. The fraction of sp³-hybridized carbons (Fsp3) is 0.500. The minimum atomic E-state index is -0.354. The number of amides is 1. The number of hydrogen-bond acceptors (Lipinski definition) is 3. The molecule has 0 aliphatic carbocycles. The molecule has 1 amide bonds. The lowest BCUT2D eigenvalue weighted by Gasteiger charge is -2.09. The Morgan fingerprint density at radius 3 is 2.72 bits per heavy atom. The van der Waals surface area contributed by atoms with Crippen LogP contribution in [0.3, 0.4) is 0 Å². The molecule has 1 unspecified atom stereocenters. The van der Waals surface area contributed by atoms with Crippen LogP contribution in [0.1, 0.15) is 18.1 Å². The first-order chi connectivity index (χ1) is 8.59. The van der Waals surface area contributed by atoms with Crippen LogP contribution < -0.4 is 10.6 Å². The van der Waals surface area contributed by atoms with E-state index in [4.69, 9.17) is 5.11 Å². The molecule has 0 saturated carbocycles. The number of nitrogens with one attached hydrogen (secondary N) is 2. The molecule has 4 nitrogen and oxygen atoms in total. The highest BCUT2D eigenvalue weighted by atomic mass is 16.3. The molecule has 0 aromatic heterocycles. The molecule has 4 heteroatoms. The van der Waals surface area contributed by atoms with Crippen LogP contribution in [0.2, 0.25) is 0 Å². The van der Waals surface area contributed by atoms with Crippen LogP contribution >= 0.6 is 0 Å². The summed E-state index contributed by atoms with van der Waals surface area (Å²) in [7, 11) is 0. The third-order valence-electron chi connectivity index (χ3n) is 2.68. The highest BCUT2D eigenvalue weighted by Crippen LogP contribution is 2.07. The topological polar surface area (TPSA) is 61.4 Å². The number of carbonyl (C=O) groups excluding carboxylic acids is 1. The van der Waals surface area contributed by atoms with Crippen molar-refractivity contribution in [2.24, 2.45) is 0 Å². The Morgan fingerprint density at radius 2 is 2.06 bits per heavy atom. The van der Waals surface area contributed by atoms with Crippen molar-refractivity contribution in [3.8, 4) is 0 Å². The number of rotatable bonds is 7. The maximum atomic E-state index is 11.7. The van der Waals surface area contributed by atoms with Gasteiger partial charge in [0.05, 0.1) is 12.5 Å². The molecule has 0 spiro atoms. The van der Waals surface area contributed by atoms with Crippen molar-refractivity contribution < 1.29 is 9.90 Å². The number of aryl methyl sites for hydroxylation is 1. The van der Waals surface area contributed by atoms with Gasteiger partial charge in [0.15, 0.2) is 0 Å². The van der Waals surface area contributed by atoms with Crippen LogP contribution in [-0.2, 0) is 11.2 Å². The molecular formula is C14H22N2O2. The summed E-state index contributed by atoms with van der Waals surface area (Å²) in [6.45, 7) is 5.53. The van der Waals surface area contributed by atoms with E-state index in [2.05, 4.69) is 10.6 Å². The summed E-state index contributed by atoms with van der Waals surface area (Å²) >= 11 is 0. The van der Waals surface area contributed by atoms with Gasteiger partial charge >= 0.3 is 0 Å². The zero-order valence-corrected chi connectivity index (χ0v) is 11.1. The fourth-order valence-electron chi connectivity index (χ4n) is 1.65. The van der Waals surface area contributed by atoms with Gasteiger partial charge < -0.3 is 15.7 Å². The van der Waals surface area contributed by atoms with Crippen LogP contribution in [0.25, 0.3) is 0 Å². The number of aliphatic hydroxyl groups excluding tert-OH is 1. The Hall–Kier alpha value is -1.39. The number of aliphatic hydroxyl groups is 1. The summed E-state index contributed by atoms with van der Waals surface area (Å²) in [5.41, 5.74) is 2.20. The van der Waals surface area contributed by atoms with E-state index in [0.29, 0.717) is 26.1 Å². The van der Waals surface area contributed by atoms with Crippen LogP contribution in [0, 0.1) is 6.92 Å². The third kappa shape index (κ3) is 5.80. The van der Waals surface area contributed by atoms with Crippen LogP contribution in [0.4, 0.5) is 0 Å². The zero-order valence-electron chi connectivity index (χ0n) is 11.1. The summed E-state index contributed by atoms with van der Waals surface area (Å²) < 4.78 is 0. The van der Waals surface area contributed by atoms with Gasteiger partial charge in [-0.05, 0) is 25.0 Å². The summed E-state index contributed by atoms with van der Waals surface area (Å²) in [5.74, 6) is 0.0307. The average Bonchev–Trinajstić information content (AvgIpc) is 2.31. The molecule has 1 aromatic carbocycles. The largest absolute Gasteiger partial charge is 0.392 e. The van der Waals surface area contributed by atoms with Gasteiger partial charge in [-0.3, -0.25) is 4.79 Å². The van der Waals surface area contributed by atoms with Gasteiger partial charge in [0.25, 0.3) is 0 Å². The van der Waals surface area contributed by atoms with Crippen molar-refractivity contribution in [3.63, 3.8) is 0 Å². The molecule has 1 aromatic rings. The zero-order chi connectivity index (χ0) is 13.4. The van der Waals surface area contributed by atoms with E-state index in [1.165, 1.54) is 0 Å². The molecule has 0 fully saturated rings. The van der Waals surface area contributed by atoms with Crippen molar-refractivity contribution in [3.05, 3.63) is 35.4 Å². The average molecular weight is 250 g/mol. The molecule has 3 N–H and O–H groups in total. The Balaban J connectivity index is 2.20. The van der Waals surface area contributed by atoms with Crippen molar-refractivity contribution in [2.45, 2.75) is 26.4 Å². The highest BCUT2D eigenvalue weighted by molar-refractivity contribution is 5.78. The quantitative estimate of drug-likeness (QED) is 0.622. The number of hydrogen-bond donors (Lipinski definition) is 3. The summed E-state index contributed by atoms with van der Waals surface area (Å²) in [6.07, 6.45) is 0.0657. The van der Waals surface area contributed by atoms with Gasteiger partial charge in [-0.1, -0.05) is 24.3 Å². The van der Waals surface area contributed by atoms with Gasteiger partial charge in [0, 0.05) is 19.6 Å². The van der Waals surface area contributed by atoms with E-state index in [-0.39, 0.29) is 12.0 Å². The van der Waals surface area contributed by atoms with Gasteiger partial charge in [-0.25, -0.2) is 0 Å². The second-order valence-electron chi connectivity index (χ2n) is 4.51. The van der Waals surface area contributed by atoms with E-state index in [1.807, 2.05) is 31.2 Å². The number of carbonyl (C=O) groups is 1. The Labute approximate surface area is 108 Å².